The summed E-state index contributed by atoms with van der Waals surface area (Å²) in [5, 5.41) is 10.3. The number of para-hydroxylation sites is 1. The highest BCUT2D eigenvalue weighted by molar-refractivity contribution is 7.99. The third-order valence-corrected chi connectivity index (χ3v) is 4.99. The van der Waals surface area contributed by atoms with E-state index in [1.165, 1.54) is 5.56 Å². The van der Waals surface area contributed by atoms with Crippen molar-refractivity contribution in [2.75, 3.05) is 0 Å². The number of hydrogen-bond donors (Lipinski definition) is 0. The average molecular weight is 348 g/mol. The standard InChI is InChI=1S/C19H16N4OS/c1-12-7-9-14(10-8-12)18-23-22-17(24-18)13(2)25-19-15-5-3-4-6-16(15)20-11-21-19/h3-11,13H,1-2H3/t13-/m1/s1. The van der Waals surface area contributed by atoms with Gasteiger partial charge in [-0.25, -0.2) is 9.97 Å². The van der Waals surface area contributed by atoms with E-state index in [4.69, 9.17) is 4.42 Å². The zero-order chi connectivity index (χ0) is 17.2. The van der Waals surface area contributed by atoms with Crippen LogP contribution in [-0.4, -0.2) is 20.2 Å². The summed E-state index contributed by atoms with van der Waals surface area (Å²) in [6.07, 6.45) is 1.59. The van der Waals surface area contributed by atoms with Crippen LogP contribution in [0.4, 0.5) is 0 Å². The maximum Gasteiger partial charge on any atom is 0.247 e. The van der Waals surface area contributed by atoms with E-state index in [9.17, 15) is 0 Å². The number of aromatic nitrogens is 4. The minimum absolute atomic E-state index is 0.00926. The topological polar surface area (TPSA) is 64.7 Å². The number of nitrogens with zero attached hydrogens (tertiary/aromatic N) is 4. The second-order valence-electron chi connectivity index (χ2n) is 5.77. The van der Waals surface area contributed by atoms with Crippen LogP contribution < -0.4 is 0 Å². The summed E-state index contributed by atoms with van der Waals surface area (Å²) in [7, 11) is 0. The van der Waals surface area contributed by atoms with Gasteiger partial charge in [-0.2, -0.15) is 0 Å². The van der Waals surface area contributed by atoms with E-state index < -0.39 is 0 Å². The molecule has 5 nitrogen and oxygen atoms in total. The Hall–Kier alpha value is -2.73. The maximum absolute atomic E-state index is 5.87. The van der Waals surface area contributed by atoms with Crippen molar-refractivity contribution < 1.29 is 4.42 Å². The van der Waals surface area contributed by atoms with Gasteiger partial charge in [-0.05, 0) is 32.0 Å². The van der Waals surface area contributed by atoms with Crippen molar-refractivity contribution in [1.82, 2.24) is 20.2 Å². The highest BCUT2D eigenvalue weighted by Gasteiger charge is 2.18. The molecule has 0 bridgehead atoms. The van der Waals surface area contributed by atoms with Gasteiger partial charge in [-0.15, -0.1) is 10.2 Å². The SMILES string of the molecule is Cc1ccc(-c2nnc([C@@H](C)Sc3ncnc4ccccc34)o2)cc1. The van der Waals surface area contributed by atoms with Crippen molar-refractivity contribution in [3.8, 4) is 11.5 Å². The van der Waals surface area contributed by atoms with Gasteiger partial charge < -0.3 is 4.42 Å². The van der Waals surface area contributed by atoms with E-state index >= 15 is 0 Å². The Bertz CT molecular complexity index is 1010. The molecule has 2 heterocycles. The summed E-state index contributed by atoms with van der Waals surface area (Å²) >= 11 is 1.59. The molecule has 0 unspecified atom stereocenters. The van der Waals surface area contributed by atoms with Gasteiger partial charge >= 0.3 is 0 Å². The van der Waals surface area contributed by atoms with E-state index in [1.54, 1.807) is 18.1 Å². The molecule has 2 aromatic heterocycles. The number of rotatable bonds is 4. The lowest BCUT2D eigenvalue weighted by Gasteiger charge is -2.08. The van der Waals surface area contributed by atoms with E-state index in [0.29, 0.717) is 11.8 Å². The Morgan fingerprint density at radius 3 is 2.60 bits per heavy atom. The molecule has 0 aliphatic heterocycles. The molecule has 0 fully saturated rings. The molecular weight excluding hydrogens is 332 g/mol. The van der Waals surface area contributed by atoms with Gasteiger partial charge in [0.15, 0.2) is 0 Å². The van der Waals surface area contributed by atoms with Crippen molar-refractivity contribution in [3.63, 3.8) is 0 Å². The van der Waals surface area contributed by atoms with Crippen LogP contribution in [0.25, 0.3) is 22.4 Å². The quantitative estimate of drug-likeness (QED) is 0.388. The molecule has 25 heavy (non-hydrogen) atoms. The number of thioether (sulfide) groups is 1. The Labute approximate surface area is 149 Å². The fraction of sp³-hybridized carbons (Fsp3) is 0.158. The van der Waals surface area contributed by atoms with Crippen LogP contribution in [0, 0.1) is 6.92 Å². The second-order valence-corrected chi connectivity index (χ2v) is 7.10. The monoisotopic (exact) mass is 348 g/mol. The zero-order valence-electron chi connectivity index (χ0n) is 13.9. The number of benzene rings is 2. The number of hydrogen-bond acceptors (Lipinski definition) is 6. The van der Waals surface area contributed by atoms with E-state index in [-0.39, 0.29) is 5.25 Å². The molecule has 0 saturated heterocycles. The molecule has 0 aliphatic rings. The first kappa shape index (κ1) is 15.8. The summed E-state index contributed by atoms with van der Waals surface area (Å²) < 4.78 is 5.87. The van der Waals surface area contributed by atoms with E-state index in [0.717, 1.165) is 21.5 Å². The lowest BCUT2D eigenvalue weighted by Crippen LogP contribution is -1.92. The average Bonchev–Trinajstić information content (AvgIpc) is 3.13. The molecule has 0 saturated carbocycles. The molecule has 1 atom stereocenters. The lowest BCUT2D eigenvalue weighted by atomic mass is 10.1. The highest BCUT2D eigenvalue weighted by atomic mass is 32.2. The molecule has 0 radical (unpaired) electrons. The normalized spacial score (nSPS) is 12.4. The fourth-order valence-corrected chi connectivity index (χ4v) is 3.44. The molecular formula is C19H16N4OS. The molecule has 4 aromatic rings. The summed E-state index contributed by atoms with van der Waals surface area (Å²) in [5.41, 5.74) is 3.05. The largest absolute Gasteiger partial charge is 0.419 e. The predicted octanol–water partition coefficient (Wildman–Crippen LogP) is 4.84. The van der Waals surface area contributed by atoms with Crippen molar-refractivity contribution in [1.29, 1.82) is 0 Å². The van der Waals surface area contributed by atoms with Gasteiger partial charge in [-0.1, -0.05) is 47.7 Å². The first-order valence-electron chi connectivity index (χ1n) is 7.97. The van der Waals surface area contributed by atoms with Crippen molar-refractivity contribution in [3.05, 3.63) is 66.3 Å². The summed E-state index contributed by atoms with van der Waals surface area (Å²) in [6.45, 7) is 4.09. The summed E-state index contributed by atoms with van der Waals surface area (Å²) in [5.74, 6) is 1.12. The third kappa shape index (κ3) is 3.25. The summed E-state index contributed by atoms with van der Waals surface area (Å²) in [6, 6.07) is 16.0. The Morgan fingerprint density at radius 1 is 0.960 bits per heavy atom. The number of fused-ring (bicyclic) bond motifs is 1. The van der Waals surface area contributed by atoms with Gasteiger partial charge in [0.05, 0.1) is 10.8 Å². The third-order valence-electron chi connectivity index (χ3n) is 3.88. The Balaban J connectivity index is 1.59. The van der Waals surface area contributed by atoms with E-state index in [1.807, 2.05) is 62.4 Å². The molecule has 0 aliphatic carbocycles. The Morgan fingerprint density at radius 2 is 1.76 bits per heavy atom. The van der Waals surface area contributed by atoms with Crippen molar-refractivity contribution in [2.24, 2.45) is 0 Å². The minimum Gasteiger partial charge on any atom is -0.419 e. The van der Waals surface area contributed by atoms with Crippen LogP contribution in [0.2, 0.25) is 0 Å². The first-order chi connectivity index (χ1) is 12.2. The molecule has 0 spiro atoms. The van der Waals surface area contributed by atoms with Gasteiger partial charge in [0.2, 0.25) is 11.8 Å². The highest BCUT2D eigenvalue weighted by Crippen LogP contribution is 2.36. The summed E-state index contributed by atoms with van der Waals surface area (Å²) in [4.78, 5) is 8.71. The molecule has 2 aromatic carbocycles. The van der Waals surface area contributed by atoms with Crippen LogP contribution in [-0.2, 0) is 0 Å². The van der Waals surface area contributed by atoms with Gasteiger partial charge in [0.1, 0.15) is 11.4 Å². The Kier molecular flexibility index (Phi) is 4.19. The molecule has 0 amide bonds. The fourth-order valence-electron chi connectivity index (χ4n) is 2.50. The smallest absolute Gasteiger partial charge is 0.247 e. The minimum atomic E-state index is -0.00926. The molecule has 124 valence electrons. The zero-order valence-corrected chi connectivity index (χ0v) is 14.7. The molecule has 4 rings (SSSR count). The van der Waals surface area contributed by atoms with Crippen LogP contribution in [0.5, 0.6) is 0 Å². The molecule has 0 N–H and O–H groups in total. The van der Waals surface area contributed by atoms with Gasteiger partial charge in [0.25, 0.3) is 0 Å². The van der Waals surface area contributed by atoms with Crippen LogP contribution in [0.15, 0.2) is 64.3 Å². The predicted molar refractivity (Wildman–Crippen MR) is 98.3 cm³/mol. The molecule has 6 heteroatoms. The van der Waals surface area contributed by atoms with Crippen LogP contribution in [0.1, 0.15) is 23.6 Å². The van der Waals surface area contributed by atoms with Gasteiger partial charge in [0, 0.05) is 10.9 Å². The van der Waals surface area contributed by atoms with E-state index in [2.05, 4.69) is 20.2 Å². The number of aryl methyl sites for hydroxylation is 1. The lowest BCUT2D eigenvalue weighted by molar-refractivity contribution is 0.509. The van der Waals surface area contributed by atoms with Crippen LogP contribution >= 0.6 is 11.8 Å². The van der Waals surface area contributed by atoms with Crippen molar-refractivity contribution in [2.45, 2.75) is 24.1 Å². The second kappa shape index (κ2) is 6.64. The van der Waals surface area contributed by atoms with Crippen molar-refractivity contribution >= 4 is 22.7 Å². The first-order valence-corrected chi connectivity index (χ1v) is 8.85. The van der Waals surface area contributed by atoms with Gasteiger partial charge in [-0.3, -0.25) is 0 Å². The maximum atomic E-state index is 5.87. The van der Waals surface area contributed by atoms with Crippen LogP contribution in [0.3, 0.4) is 0 Å².